The zero-order valence-electron chi connectivity index (χ0n) is 16.0. The highest BCUT2D eigenvalue weighted by molar-refractivity contribution is 7.22. The Morgan fingerprint density at radius 3 is 2.34 bits per heavy atom. The van der Waals surface area contributed by atoms with Gasteiger partial charge in [0.15, 0.2) is 5.13 Å². The number of carbonyl (C=O) groups is 1. The van der Waals surface area contributed by atoms with Gasteiger partial charge in [-0.05, 0) is 49.5 Å². The topological polar surface area (TPSA) is 36.4 Å². The number of fused-ring (bicyclic) bond motifs is 1. The largest absolute Gasteiger partial charge is 0.302 e. The average molecular weight is 477 g/mol. The van der Waals surface area contributed by atoms with Gasteiger partial charge in [0.25, 0.3) is 5.91 Å². The summed E-state index contributed by atoms with van der Waals surface area (Å²) in [6, 6.07) is 9.18. The molecule has 0 bridgehead atoms. The van der Waals surface area contributed by atoms with Crippen molar-refractivity contribution in [3.8, 4) is 0 Å². The Labute approximate surface area is 189 Å². The maximum Gasteiger partial charge on any atom is 0.260 e. The fraction of sp³-hybridized carbons (Fsp3) is 0.300. The lowest BCUT2D eigenvalue weighted by molar-refractivity contribution is 0.0984. The molecule has 0 aliphatic heterocycles. The summed E-state index contributed by atoms with van der Waals surface area (Å²) in [5.74, 6) is -0.568. The van der Waals surface area contributed by atoms with Crippen LogP contribution in [0.3, 0.4) is 0 Å². The summed E-state index contributed by atoms with van der Waals surface area (Å²) in [7, 11) is 0. The number of aromatic nitrogens is 1. The van der Waals surface area contributed by atoms with E-state index in [4.69, 9.17) is 23.2 Å². The summed E-state index contributed by atoms with van der Waals surface area (Å²) in [6.45, 7) is 7.06. The highest BCUT2D eigenvalue weighted by Crippen LogP contribution is 2.31. The van der Waals surface area contributed by atoms with Gasteiger partial charge in [-0.15, -0.1) is 12.4 Å². The zero-order valence-corrected chi connectivity index (χ0v) is 19.1. The minimum absolute atomic E-state index is 0. The van der Waals surface area contributed by atoms with E-state index < -0.39 is 0 Å². The summed E-state index contributed by atoms with van der Waals surface area (Å²) in [5.41, 5.74) is 1.05. The Morgan fingerprint density at radius 2 is 1.72 bits per heavy atom. The van der Waals surface area contributed by atoms with Crippen molar-refractivity contribution in [1.82, 2.24) is 9.88 Å². The van der Waals surface area contributed by atoms with Crippen LogP contribution in [0.25, 0.3) is 10.2 Å². The fourth-order valence-corrected chi connectivity index (χ4v) is 4.44. The van der Waals surface area contributed by atoms with E-state index in [2.05, 4.69) is 23.7 Å². The van der Waals surface area contributed by atoms with Gasteiger partial charge in [-0.2, -0.15) is 0 Å². The molecule has 0 saturated carbocycles. The smallest absolute Gasteiger partial charge is 0.260 e. The quantitative estimate of drug-likeness (QED) is 0.410. The lowest BCUT2D eigenvalue weighted by Gasteiger charge is -2.24. The van der Waals surface area contributed by atoms with Gasteiger partial charge < -0.3 is 4.90 Å². The minimum Gasteiger partial charge on any atom is -0.302 e. The Bertz CT molecular complexity index is 974. The molecule has 0 fully saturated rings. The second-order valence-electron chi connectivity index (χ2n) is 6.25. The van der Waals surface area contributed by atoms with Crippen molar-refractivity contribution < 1.29 is 9.18 Å². The summed E-state index contributed by atoms with van der Waals surface area (Å²) < 4.78 is 14.3. The first-order valence-electron chi connectivity index (χ1n) is 8.97. The zero-order chi connectivity index (χ0) is 20.3. The Balaban J connectivity index is 0.00000300. The van der Waals surface area contributed by atoms with Crippen LogP contribution in [0.5, 0.6) is 0 Å². The van der Waals surface area contributed by atoms with Crippen molar-refractivity contribution in [2.24, 2.45) is 0 Å². The highest BCUT2D eigenvalue weighted by atomic mass is 35.5. The van der Waals surface area contributed by atoms with Crippen molar-refractivity contribution >= 4 is 68.2 Å². The van der Waals surface area contributed by atoms with Crippen LogP contribution >= 0.6 is 46.9 Å². The maximum atomic E-state index is 13.6. The van der Waals surface area contributed by atoms with Crippen LogP contribution in [0.2, 0.25) is 10.0 Å². The number of carbonyl (C=O) groups excluding carboxylic acids is 1. The fourth-order valence-electron chi connectivity index (χ4n) is 2.90. The van der Waals surface area contributed by atoms with E-state index in [-0.39, 0.29) is 24.1 Å². The SMILES string of the molecule is CCN(CC)CCN(C(=O)c1cc(Cl)cc(Cl)c1)c1nc2ccc(F)cc2s1.Cl. The van der Waals surface area contributed by atoms with Crippen LogP contribution in [-0.4, -0.2) is 42.0 Å². The predicted octanol–water partition coefficient (Wildman–Crippen LogP) is 6.15. The molecule has 0 aliphatic carbocycles. The van der Waals surface area contributed by atoms with Crippen LogP contribution in [0.4, 0.5) is 9.52 Å². The van der Waals surface area contributed by atoms with Crippen molar-refractivity contribution in [3.05, 3.63) is 57.8 Å². The average Bonchev–Trinajstić information content (AvgIpc) is 3.06. The van der Waals surface area contributed by atoms with Crippen molar-refractivity contribution in [2.45, 2.75) is 13.8 Å². The Morgan fingerprint density at radius 1 is 1.07 bits per heavy atom. The Hall–Kier alpha value is -1.44. The molecule has 156 valence electrons. The number of thiazole rings is 1. The van der Waals surface area contributed by atoms with Gasteiger partial charge in [0.1, 0.15) is 5.82 Å². The predicted molar refractivity (Wildman–Crippen MR) is 123 cm³/mol. The summed E-state index contributed by atoms with van der Waals surface area (Å²) >= 11 is 13.4. The van der Waals surface area contributed by atoms with Crippen LogP contribution in [-0.2, 0) is 0 Å². The molecule has 1 amide bonds. The first-order valence-corrected chi connectivity index (χ1v) is 10.5. The number of halogens is 4. The van der Waals surface area contributed by atoms with Gasteiger partial charge in [-0.25, -0.2) is 9.37 Å². The van der Waals surface area contributed by atoms with Crippen LogP contribution < -0.4 is 4.90 Å². The summed E-state index contributed by atoms with van der Waals surface area (Å²) in [4.78, 5) is 21.6. The number of rotatable bonds is 7. The Kier molecular flexibility index (Phi) is 8.67. The summed E-state index contributed by atoms with van der Waals surface area (Å²) in [6.07, 6.45) is 0. The number of amides is 1. The monoisotopic (exact) mass is 475 g/mol. The van der Waals surface area contributed by atoms with Gasteiger partial charge in [0.05, 0.1) is 10.2 Å². The molecule has 0 spiro atoms. The first kappa shape index (κ1) is 23.8. The molecule has 0 aliphatic rings. The normalized spacial score (nSPS) is 11.0. The molecule has 29 heavy (non-hydrogen) atoms. The molecular weight excluding hydrogens is 456 g/mol. The molecule has 0 radical (unpaired) electrons. The van der Waals surface area contributed by atoms with Crippen molar-refractivity contribution in [1.29, 1.82) is 0 Å². The van der Waals surface area contributed by atoms with E-state index in [9.17, 15) is 9.18 Å². The molecule has 1 heterocycles. The molecule has 3 rings (SSSR count). The van der Waals surface area contributed by atoms with Crippen molar-refractivity contribution in [3.63, 3.8) is 0 Å². The molecule has 2 aromatic carbocycles. The number of anilines is 1. The number of nitrogens with zero attached hydrogens (tertiary/aromatic N) is 3. The molecular formula is C20H21Cl3FN3OS. The maximum absolute atomic E-state index is 13.6. The third-order valence-electron chi connectivity index (χ3n) is 4.46. The first-order chi connectivity index (χ1) is 13.4. The molecule has 0 N–H and O–H groups in total. The number of likely N-dealkylation sites (N-methyl/N-ethyl adjacent to an activating group) is 1. The van der Waals surface area contributed by atoms with Gasteiger partial charge in [-0.1, -0.05) is 48.4 Å². The lowest BCUT2D eigenvalue weighted by Crippen LogP contribution is -2.38. The van der Waals surface area contributed by atoms with E-state index >= 15 is 0 Å². The van der Waals surface area contributed by atoms with Crippen molar-refractivity contribution in [2.75, 3.05) is 31.1 Å². The van der Waals surface area contributed by atoms with E-state index in [1.54, 1.807) is 29.2 Å². The third kappa shape index (κ3) is 5.80. The van der Waals surface area contributed by atoms with Gasteiger partial charge in [-0.3, -0.25) is 9.69 Å². The molecule has 9 heteroatoms. The van der Waals surface area contributed by atoms with E-state index in [1.165, 1.54) is 23.5 Å². The molecule has 0 atom stereocenters. The van der Waals surface area contributed by atoms with Crippen LogP contribution in [0.15, 0.2) is 36.4 Å². The van der Waals surface area contributed by atoms with Crippen LogP contribution in [0.1, 0.15) is 24.2 Å². The van der Waals surface area contributed by atoms with Gasteiger partial charge >= 0.3 is 0 Å². The number of hydrogen-bond acceptors (Lipinski definition) is 4. The second-order valence-corrected chi connectivity index (χ2v) is 8.13. The van der Waals surface area contributed by atoms with E-state index in [0.717, 1.165) is 13.1 Å². The lowest BCUT2D eigenvalue weighted by atomic mass is 10.2. The van der Waals surface area contributed by atoms with Gasteiger partial charge in [0, 0.05) is 28.7 Å². The van der Waals surface area contributed by atoms with E-state index in [1.807, 2.05) is 0 Å². The third-order valence-corrected chi connectivity index (χ3v) is 5.94. The second kappa shape index (κ2) is 10.5. The van der Waals surface area contributed by atoms with Gasteiger partial charge in [0.2, 0.25) is 0 Å². The van der Waals surface area contributed by atoms with E-state index in [0.29, 0.717) is 44.0 Å². The standard InChI is InChI=1S/C20H20Cl2FN3OS.ClH/c1-3-25(4-2)7-8-26(19(27)13-9-14(21)11-15(22)10-13)20-24-17-6-5-16(23)12-18(17)28-20;/h5-6,9-12H,3-4,7-8H2,1-2H3;1H. The minimum atomic E-state index is -0.328. The van der Waals surface area contributed by atoms with Crippen LogP contribution in [0, 0.1) is 5.82 Å². The number of hydrogen-bond donors (Lipinski definition) is 0. The molecule has 0 unspecified atom stereocenters. The molecule has 4 nitrogen and oxygen atoms in total. The number of benzene rings is 2. The summed E-state index contributed by atoms with van der Waals surface area (Å²) in [5, 5.41) is 1.31. The molecule has 1 aromatic heterocycles. The molecule has 0 saturated heterocycles. The molecule has 3 aromatic rings. The highest BCUT2D eigenvalue weighted by Gasteiger charge is 2.22.